The first-order valence-corrected chi connectivity index (χ1v) is 6.75. The molecule has 2 amide bonds. The van der Waals surface area contributed by atoms with Crippen LogP contribution in [0.2, 0.25) is 0 Å². The molecular weight excluding hydrogens is 280 g/mol. The second-order valence-electron chi connectivity index (χ2n) is 4.99. The monoisotopic (exact) mass is 294 g/mol. The predicted octanol–water partition coefficient (Wildman–Crippen LogP) is 3.09. The van der Waals surface area contributed by atoms with Crippen LogP contribution < -0.4 is 11.1 Å². The van der Waals surface area contributed by atoms with Crippen LogP contribution in [0.3, 0.4) is 0 Å². The van der Waals surface area contributed by atoms with Crippen LogP contribution in [0.5, 0.6) is 0 Å². The van der Waals surface area contributed by atoms with Crippen LogP contribution in [-0.4, -0.2) is 11.8 Å². The van der Waals surface area contributed by atoms with Gasteiger partial charge in [0.15, 0.2) is 0 Å². The van der Waals surface area contributed by atoms with Crippen LogP contribution in [0, 0.1) is 6.92 Å². The average Bonchev–Trinajstić information content (AvgIpc) is 2.87. The van der Waals surface area contributed by atoms with Crippen LogP contribution in [0.4, 0.5) is 5.69 Å². The lowest BCUT2D eigenvalue weighted by Crippen LogP contribution is -2.17. The summed E-state index contributed by atoms with van der Waals surface area (Å²) >= 11 is 0. The van der Waals surface area contributed by atoms with Crippen LogP contribution in [-0.2, 0) is 0 Å². The minimum Gasteiger partial charge on any atom is -0.449 e. The topological polar surface area (TPSA) is 85.3 Å². The lowest BCUT2D eigenvalue weighted by atomic mass is 10.1. The zero-order valence-corrected chi connectivity index (χ0v) is 11.9. The molecule has 3 N–H and O–H groups in total. The molecule has 1 heterocycles. The number of fused-ring (bicyclic) bond motifs is 1. The van der Waals surface area contributed by atoms with Gasteiger partial charge < -0.3 is 15.5 Å². The largest absolute Gasteiger partial charge is 0.449 e. The van der Waals surface area contributed by atoms with Gasteiger partial charge in [-0.15, -0.1) is 0 Å². The fourth-order valence-corrected chi connectivity index (χ4v) is 2.23. The summed E-state index contributed by atoms with van der Waals surface area (Å²) in [5, 5.41) is 3.35. The molecule has 5 heteroatoms. The first kappa shape index (κ1) is 13.9. The Morgan fingerprint density at radius 2 is 1.73 bits per heavy atom. The lowest BCUT2D eigenvalue weighted by molar-refractivity contribution is 0.0977. The van der Waals surface area contributed by atoms with Gasteiger partial charge in [-0.25, -0.2) is 0 Å². The maximum absolute atomic E-state index is 12.3. The third-order valence-corrected chi connectivity index (χ3v) is 3.37. The van der Waals surface area contributed by atoms with Gasteiger partial charge in [0.25, 0.3) is 11.8 Å². The number of nitrogens with two attached hydrogens (primary N) is 1. The SMILES string of the molecule is Cc1ccc(C(=O)Nc2c(C(N)=O)oc3ccccc23)cc1. The van der Waals surface area contributed by atoms with Crippen molar-refractivity contribution in [3.63, 3.8) is 0 Å². The third-order valence-electron chi connectivity index (χ3n) is 3.37. The first-order chi connectivity index (χ1) is 10.6. The summed E-state index contributed by atoms with van der Waals surface area (Å²) in [6.45, 7) is 1.94. The van der Waals surface area contributed by atoms with E-state index in [2.05, 4.69) is 5.32 Å². The number of carbonyl (C=O) groups excluding carboxylic acids is 2. The number of carbonyl (C=O) groups is 2. The Kier molecular flexibility index (Phi) is 3.39. The van der Waals surface area contributed by atoms with E-state index in [1.54, 1.807) is 36.4 Å². The summed E-state index contributed by atoms with van der Waals surface area (Å²) in [6, 6.07) is 14.2. The number of primary amides is 1. The fraction of sp³-hybridized carbons (Fsp3) is 0.0588. The molecule has 0 spiro atoms. The summed E-state index contributed by atoms with van der Waals surface area (Å²) < 4.78 is 5.43. The minimum atomic E-state index is -0.726. The highest BCUT2D eigenvalue weighted by Crippen LogP contribution is 2.30. The number of anilines is 1. The van der Waals surface area contributed by atoms with Crippen molar-refractivity contribution in [3.8, 4) is 0 Å². The maximum atomic E-state index is 12.3. The molecular formula is C17H14N2O3. The van der Waals surface area contributed by atoms with Crippen molar-refractivity contribution in [3.05, 3.63) is 65.4 Å². The van der Waals surface area contributed by atoms with Gasteiger partial charge in [-0.1, -0.05) is 29.8 Å². The molecule has 0 aliphatic rings. The quantitative estimate of drug-likeness (QED) is 0.778. The number of aryl methyl sites for hydroxylation is 1. The van der Waals surface area contributed by atoms with E-state index >= 15 is 0 Å². The normalized spacial score (nSPS) is 10.6. The summed E-state index contributed by atoms with van der Waals surface area (Å²) in [4.78, 5) is 23.9. The first-order valence-electron chi connectivity index (χ1n) is 6.75. The van der Waals surface area contributed by atoms with E-state index in [9.17, 15) is 9.59 Å². The summed E-state index contributed by atoms with van der Waals surface area (Å²) in [7, 11) is 0. The molecule has 0 aliphatic carbocycles. The molecule has 2 aromatic carbocycles. The molecule has 5 nitrogen and oxygen atoms in total. The van der Waals surface area contributed by atoms with Crippen molar-refractivity contribution >= 4 is 28.5 Å². The molecule has 22 heavy (non-hydrogen) atoms. The van der Waals surface area contributed by atoms with E-state index in [-0.39, 0.29) is 11.7 Å². The highest BCUT2D eigenvalue weighted by molar-refractivity contribution is 6.14. The molecule has 0 fully saturated rings. The molecule has 0 aliphatic heterocycles. The van der Waals surface area contributed by atoms with Gasteiger partial charge in [-0.2, -0.15) is 0 Å². The van der Waals surface area contributed by atoms with E-state index in [1.165, 1.54) is 0 Å². The Bertz CT molecular complexity index is 863. The van der Waals surface area contributed by atoms with Crippen LogP contribution >= 0.6 is 0 Å². The highest BCUT2D eigenvalue weighted by Gasteiger charge is 2.20. The Hall–Kier alpha value is -3.08. The zero-order chi connectivity index (χ0) is 15.7. The van der Waals surface area contributed by atoms with E-state index in [0.29, 0.717) is 22.2 Å². The Labute approximate surface area is 126 Å². The van der Waals surface area contributed by atoms with Gasteiger partial charge in [0.1, 0.15) is 11.3 Å². The van der Waals surface area contributed by atoms with Crippen molar-refractivity contribution in [2.24, 2.45) is 5.73 Å². The van der Waals surface area contributed by atoms with Gasteiger partial charge in [-0.05, 0) is 31.2 Å². The average molecular weight is 294 g/mol. The van der Waals surface area contributed by atoms with E-state index < -0.39 is 5.91 Å². The number of nitrogens with one attached hydrogen (secondary N) is 1. The molecule has 0 saturated heterocycles. The van der Waals surface area contributed by atoms with Crippen LogP contribution in [0.15, 0.2) is 52.9 Å². The van der Waals surface area contributed by atoms with Crippen LogP contribution in [0.25, 0.3) is 11.0 Å². The van der Waals surface area contributed by atoms with Crippen molar-refractivity contribution in [1.29, 1.82) is 0 Å². The zero-order valence-electron chi connectivity index (χ0n) is 11.9. The van der Waals surface area contributed by atoms with Gasteiger partial charge >= 0.3 is 0 Å². The molecule has 0 bridgehead atoms. The third kappa shape index (κ3) is 2.44. The number of para-hydroxylation sites is 1. The Morgan fingerprint density at radius 1 is 1.05 bits per heavy atom. The number of hydrogen-bond donors (Lipinski definition) is 2. The molecule has 0 unspecified atom stereocenters. The molecule has 1 aromatic heterocycles. The summed E-state index contributed by atoms with van der Waals surface area (Å²) in [5.41, 5.74) is 7.67. The molecule has 110 valence electrons. The molecule has 3 aromatic rings. The van der Waals surface area contributed by atoms with E-state index in [4.69, 9.17) is 10.2 Å². The minimum absolute atomic E-state index is 0.0540. The standard InChI is InChI=1S/C17H14N2O3/c1-10-6-8-11(9-7-10)17(21)19-14-12-4-2-3-5-13(12)22-15(14)16(18)20/h2-9H,1H3,(H2,18,20)(H,19,21). The van der Waals surface area contributed by atoms with Gasteiger partial charge in [-0.3, -0.25) is 9.59 Å². The van der Waals surface area contributed by atoms with Gasteiger partial charge in [0.2, 0.25) is 5.76 Å². The molecule has 3 rings (SSSR count). The number of furan rings is 1. The van der Waals surface area contributed by atoms with Gasteiger partial charge in [0, 0.05) is 10.9 Å². The number of benzene rings is 2. The number of rotatable bonds is 3. The number of hydrogen-bond acceptors (Lipinski definition) is 3. The second-order valence-corrected chi connectivity index (χ2v) is 4.99. The lowest BCUT2D eigenvalue weighted by Gasteiger charge is -2.05. The maximum Gasteiger partial charge on any atom is 0.286 e. The highest BCUT2D eigenvalue weighted by atomic mass is 16.3. The van der Waals surface area contributed by atoms with Crippen molar-refractivity contribution < 1.29 is 14.0 Å². The van der Waals surface area contributed by atoms with Crippen LogP contribution in [0.1, 0.15) is 26.5 Å². The van der Waals surface area contributed by atoms with E-state index in [1.807, 2.05) is 19.1 Å². The smallest absolute Gasteiger partial charge is 0.286 e. The molecule has 0 saturated carbocycles. The van der Waals surface area contributed by atoms with Crippen molar-refractivity contribution in [2.45, 2.75) is 6.92 Å². The second kappa shape index (κ2) is 5.37. The number of amides is 2. The predicted molar refractivity (Wildman–Crippen MR) is 83.9 cm³/mol. The molecule has 0 atom stereocenters. The van der Waals surface area contributed by atoms with Crippen molar-refractivity contribution in [1.82, 2.24) is 0 Å². The fourth-order valence-electron chi connectivity index (χ4n) is 2.23. The summed E-state index contributed by atoms with van der Waals surface area (Å²) in [6.07, 6.45) is 0. The van der Waals surface area contributed by atoms with E-state index in [0.717, 1.165) is 5.56 Å². The Balaban J connectivity index is 2.02. The van der Waals surface area contributed by atoms with Gasteiger partial charge in [0.05, 0.1) is 0 Å². The molecule has 0 radical (unpaired) electrons. The summed E-state index contributed by atoms with van der Waals surface area (Å²) in [5.74, 6) is -1.11. The van der Waals surface area contributed by atoms with Crippen molar-refractivity contribution in [2.75, 3.05) is 5.32 Å². The Morgan fingerprint density at radius 3 is 2.41 bits per heavy atom.